The third-order valence-electron chi connectivity index (χ3n) is 5.58. The predicted molar refractivity (Wildman–Crippen MR) is 108 cm³/mol. The Morgan fingerprint density at radius 2 is 1.78 bits per heavy atom. The van der Waals surface area contributed by atoms with Crippen molar-refractivity contribution in [3.8, 4) is 0 Å². The maximum Gasteiger partial charge on any atom is 0.321 e. The smallest absolute Gasteiger partial charge is 0.321 e. The molecule has 6 nitrogen and oxygen atoms in total. The normalized spacial score (nSPS) is 18.7. The van der Waals surface area contributed by atoms with Crippen molar-refractivity contribution < 1.29 is 9.59 Å². The molecule has 7 heteroatoms. The van der Waals surface area contributed by atoms with Crippen molar-refractivity contribution in [3.05, 3.63) is 23.2 Å². The second-order valence-electron chi connectivity index (χ2n) is 7.49. The number of aryl methyl sites for hydroxylation is 1. The summed E-state index contributed by atoms with van der Waals surface area (Å²) in [6.07, 6.45) is 5.65. The van der Waals surface area contributed by atoms with Crippen molar-refractivity contribution in [2.24, 2.45) is 5.92 Å². The third kappa shape index (κ3) is 4.08. The van der Waals surface area contributed by atoms with Gasteiger partial charge in [-0.25, -0.2) is 9.78 Å². The second kappa shape index (κ2) is 7.84. The molecule has 1 aromatic carbocycles. The van der Waals surface area contributed by atoms with Crippen LogP contribution in [0.3, 0.4) is 0 Å². The Balaban J connectivity index is 1.31. The van der Waals surface area contributed by atoms with E-state index in [0.29, 0.717) is 32.1 Å². The molecule has 1 aliphatic carbocycles. The number of nitrogens with zero attached hydrogens (tertiary/aromatic N) is 3. The van der Waals surface area contributed by atoms with Crippen molar-refractivity contribution in [3.63, 3.8) is 0 Å². The summed E-state index contributed by atoms with van der Waals surface area (Å²) in [6, 6.07) is 5.71. The Labute approximate surface area is 163 Å². The van der Waals surface area contributed by atoms with Crippen LogP contribution in [-0.2, 0) is 4.79 Å². The Kier molecular flexibility index (Phi) is 5.29. The van der Waals surface area contributed by atoms with E-state index in [9.17, 15) is 9.59 Å². The van der Waals surface area contributed by atoms with E-state index in [2.05, 4.69) is 10.3 Å². The molecule has 2 aromatic rings. The van der Waals surface area contributed by atoms with Gasteiger partial charge in [-0.05, 0) is 38.0 Å². The number of carbonyl (C=O) groups excluding carboxylic acids is 2. The first-order chi connectivity index (χ1) is 13.1. The lowest BCUT2D eigenvalue weighted by atomic mass is 9.88. The van der Waals surface area contributed by atoms with Gasteiger partial charge in [-0.1, -0.05) is 19.3 Å². The Hall–Kier alpha value is -2.15. The lowest BCUT2D eigenvalue weighted by Crippen LogP contribution is -2.53. The minimum absolute atomic E-state index is 0.0969. The van der Waals surface area contributed by atoms with Crippen LogP contribution in [0.25, 0.3) is 10.2 Å². The minimum Gasteiger partial charge on any atom is -0.339 e. The van der Waals surface area contributed by atoms with Gasteiger partial charge in [-0.15, -0.1) is 11.3 Å². The van der Waals surface area contributed by atoms with Gasteiger partial charge in [0.15, 0.2) is 0 Å². The fourth-order valence-electron chi connectivity index (χ4n) is 4.06. The molecule has 0 spiro atoms. The van der Waals surface area contributed by atoms with Crippen LogP contribution in [0.5, 0.6) is 0 Å². The maximum absolute atomic E-state index is 12.6. The van der Waals surface area contributed by atoms with E-state index in [1.807, 2.05) is 30.0 Å². The summed E-state index contributed by atoms with van der Waals surface area (Å²) < 4.78 is 1.08. The summed E-state index contributed by atoms with van der Waals surface area (Å²) in [5.74, 6) is 0.495. The lowest BCUT2D eigenvalue weighted by Gasteiger charge is -2.37. The van der Waals surface area contributed by atoms with Crippen LogP contribution in [0.4, 0.5) is 10.5 Å². The summed E-state index contributed by atoms with van der Waals surface area (Å²) in [7, 11) is 0. The SMILES string of the molecule is Cc1nc2ccc(NC(=O)N3CCN(C(=O)C4CCCCC4)CC3)cc2s1. The van der Waals surface area contributed by atoms with Gasteiger partial charge >= 0.3 is 6.03 Å². The van der Waals surface area contributed by atoms with Gasteiger partial charge in [0.2, 0.25) is 5.91 Å². The van der Waals surface area contributed by atoms with Crippen molar-refractivity contribution >= 4 is 39.2 Å². The molecule has 1 saturated carbocycles. The molecule has 1 aliphatic heterocycles. The topological polar surface area (TPSA) is 65.5 Å². The number of piperazine rings is 1. The van der Waals surface area contributed by atoms with Gasteiger partial charge in [0.05, 0.1) is 15.2 Å². The van der Waals surface area contributed by atoms with E-state index in [4.69, 9.17) is 0 Å². The van der Waals surface area contributed by atoms with Crippen molar-refractivity contribution in [1.29, 1.82) is 0 Å². The summed E-state index contributed by atoms with van der Waals surface area (Å²) in [5, 5.41) is 4.00. The number of hydrogen-bond donors (Lipinski definition) is 1. The standard InChI is InChI=1S/C20H26N4O2S/c1-14-21-17-8-7-16(13-18(17)27-14)22-20(26)24-11-9-23(10-12-24)19(25)15-5-3-2-4-6-15/h7-8,13,15H,2-6,9-12H2,1H3,(H,22,26). The largest absolute Gasteiger partial charge is 0.339 e. The Morgan fingerprint density at radius 1 is 1.07 bits per heavy atom. The quantitative estimate of drug-likeness (QED) is 0.852. The molecule has 1 saturated heterocycles. The summed E-state index contributed by atoms with van der Waals surface area (Å²) in [5.41, 5.74) is 1.75. The monoisotopic (exact) mass is 386 g/mol. The number of rotatable bonds is 2. The Bertz CT molecular complexity index is 836. The number of nitrogens with one attached hydrogen (secondary N) is 1. The van der Waals surface area contributed by atoms with E-state index in [1.54, 1.807) is 16.2 Å². The molecule has 1 N–H and O–H groups in total. The number of benzene rings is 1. The van der Waals surface area contributed by atoms with Crippen LogP contribution in [0.15, 0.2) is 18.2 Å². The predicted octanol–water partition coefficient (Wildman–Crippen LogP) is 3.86. The molecule has 2 heterocycles. The van der Waals surface area contributed by atoms with E-state index >= 15 is 0 Å². The fraction of sp³-hybridized carbons (Fsp3) is 0.550. The van der Waals surface area contributed by atoms with Crippen molar-refractivity contribution in [1.82, 2.24) is 14.8 Å². The van der Waals surface area contributed by atoms with Crippen LogP contribution >= 0.6 is 11.3 Å². The van der Waals surface area contributed by atoms with Gasteiger partial charge in [-0.3, -0.25) is 4.79 Å². The average molecular weight is 387 g/mol. The van der Waals surface area contributed by atoms with Gasteiger partial charge in [0, 0.05) is 37.8 Å². The number of carbonyl (C=O) groups is 2. The van der Waals surface area contributed by atoms with E-state index < -0.39 is 0 Å². The molecule has 1 aromatic heterocycles. The number of hydrogen-bond acceptors (Lipinski definition) is 4. The molecular weight excluding hydrogens is 360 g/mol. The summed E-state index contributed by atoms with van der Waals surface area (Å²) >= 11 is 1.63. The maximum atomic E-state index is 12.6. The molecule has 3 amide bonds. The molecule has 27 heavy (non-hydrogen) atoms. The highest BCUT2D eigenvalue weighted by Crippen LogP contribution is 2.27. The molecule has 2 fully saturated rings. The van der Waals surface area contributed by atoms with Gasteiger partial charge in [0.1, 0.15) is 0 Å². The number of urea groups is 1. The van der Waals surface area contributed by atoms with Gasteiger partial charge in [0.25, 0.3) is 0 Å². The highest BCUT2D eigenvalue weighted by atomic mass is 32.1. The Morgan fingerprint density at radius 3 is 2.52 bits per heavy atom. The van der Waals surface area contributed by atoms with Crippen molar-refractivity contribution in [2.45, 2.75) is 39.0 Å². The van der Waals surface area contributed by atoms with Crippen LogP contribution < -0.4 is 5.32 Å². The molecule has 144 valence electrons. The lowest BCUT2D eigenvalue weighted by molar-refractivity contribution is -0.138. The highest BCUT2D eigenvalue weighted by molar-refractivity contribution is 7.18. The van der Waals surface area contributed by atoms with Gasteiger partial charge < -0.3 is 15.1 Å². The molecule has 0 atom stereocenters. The zero-order chi connectivity index (χ0) is 18.8. The second-order valence-corrected chi connectivity index (χ2v) is 8.73. The van der Waals surface area contributed by atoms with Crippen LogP contribution in [0, 0.1) is 12.8 Å². The first kappa shape index (κ1) is 18.2. The fourth-order valence-corrected chi connectivity index (χ4v) is 4.92. The highest BCUT2D eigenvalue weighted by Gasteiger charge is 2.29. The number of anilines is 1. The summed E-state index contributed by atoms with van der Waals surface area (Å²) in [4.78, 5) is 33.4. The molecule has 0 bridgehead atoms. The molecule has 4 rings (SSSR count). The van der Waals surface area contributed by atoms with Crippen LogP contribution in [0.1, 0.15) is 37.1 Å². The van der Waals surface area contributed by atoms with E-state index in [1.165, 1.54) is 19.3 Å². The number of amides is 3. The van der Waals surface area contributed by atoms with Crippen LogP contribution in [-0.4, -0.2) is 52.9 Å². The average Bonchev–Trinajstić information content (AvgIpc) is 3.07. The molecule has 0 radical (unpaired) electrons. The third-order valence-corrected chi connectivity index (χ3v) is 6.51. The first-order valence-electron chi connectivity index (χ1n) is 9.82. The van der Waals surface area contributed by atoms with Crippen molar-refractivity contribution in [2.75, 3.05) is 31.5 Å². The number of thiazole rings is 1. The zero-order valence-corrected chi connectivity index (χ0v) is 16.6. The van der Waals surface area contributed by atoms with Gasteiger partial charge in [-0.2, -0.15) is 0 Å². The zero-order valence-electron chi connectivity index (χ0n) is 15.7. The molecular formula is C20H26N4O2S. The van der Waals surface area contributed by atoms with Crippen LogP contribution in [0.2, 0.25) is 0 Å². The van der Waals surface area contributed by atoms with E-state index in [-0.39, 0.29) is 11.9 Å². The first-order valence-corrected chi connectivity index (χ1v) is 10.6. The number of aromatic nitrogens is 1. The minimum atomic E-state index is -0.0969. The summed E-state index contributed by atoms with van der Waals surface area (Å²) in [6.45, 7) is 4.43. The molecule has 0 unspecified atom stereocenters. The molecule has 2 aliphatic rings. The van der Waals surface area contributed by atoms with E-state index in [0.717, 1.165) is 33.8 Å². The number of fused-ring (bicyclic) bond motifs is 1.